The molecule has 0 spiro atoms. The summed E-state index contributed by atoms with van der Waals surface area (Å²) in [7, 11) is 1.57. The van der Waals surface area contributed by atoms with Gasteiger partial charge in [-0.25, -0.2) is 0 Å². The van der Waals surface area contributed by atoms with E-state index in [1.54, 1.807) is 7.05 Å². The highest BCUT2D eigenvalue weighted by atomic mass is 16.6. The number of fused-ring (bicyclic) bond motifs is 1. The summed E-state index contributed by atoms with van der Waals surface area (Å²) in [5.41, 5.74) is 0.887. The average Bonchev–Trinajstić information content (AvgIpc) is 3.38. The molecule has 2 heterocycles. The third kappa shape index (κ3) is 4.36. The zero-order chi connectivity index (χ0) is 23.5. The first-order valence-electron chi connectivity index (χ1n) is 10.3. The molecule has 33 heavy (non-hydrogen) atoms. The predicted octanol–water partition coefficient (Wildman–Crippen LogP) is 2.94. The van der Waals surface area contributed by atoms with Crippen LogP contribution in [0.1, 0.15) is 32.9 Å². The minimum Gasteiger partial charge on any atom is -0.361 e. The molecular weight excluding hydrogens is 428 g/mol. The fourth-order valence-corrected chi connectivity index (χ4v) is 3.66. The second kappa shape index (κ2) is 9.03. The van der Waals surface area contributed by atoms with Crippen LogP contribution in [0.4, 0.5) is 5.69 Å². The monoisotopic (exact) mass is 448 g/mol. The summed E-state index contributed by atoms with van der Waals surface area (Å²) >= 11 is 0. The third-order valence-corrected chi connectivity index (χ3v) is 5.44. The Balaban J connectivity index is 1.33. The van der Waals surface area contributed by atoms with Gasteiger partial charge in [0, 0.05) is 37.7 Å². The van der Waals surface area contributed by atoms with Crippen LogP contribution in [-0.4, -0.2) is 57.7 Å². The number of amides is 3. The van der Waals surface area contributed by atoms with Crippen LogP contribution in [0.3, 0.4) is 0 Å². The molecule has 0 saturated carbocycles. The average molecular weight is 448 g/mol. The second-order valence-corrected chi connectivity index (χ2v) is 7.62. The summed E-state index contributed by atoms with van der Waals surface area (Å²) in [6.07, 6.45) is 1.13. The van der Waals surface area contributed by atoms with Crippen molar-refractivity contribution in [3.63, 3.8) is 0 Å². The minimum absolute atomic E-state index is 0.0656. The topological polar surface area (TPSA) is 127 Å². The van der Waals surface area contributed by atoms with E-state index < -0.39 is 34.9 Å². The van der Waals surface area contributed by atoms with E-state index in [1.807, 2.05) is 36.4 Å². The van der Waals surface area contributed by atoms with E-state index in [0.29, 0.717) is 25.1 Å². The number of nitro groups is 1. The minimum atomic E-state index is -0.834. The Kier molecular flexibility index (Phi) is 5.99. The van der Waals surface area contributed by atoms with E-state index >= 15 is 0 Å². The van der Waals surface area contributed by atoms with Crippen molar-refractivity contribution in [1.29, 1.82) is 0 Å². The maximum Gasteiger partial charge on any atom is 0.282 e. The largest absolute Gasteiger partial charge is 0.361 e. The van der Waals surface area contributed by atoms with Gasteiger partial charge in [0.1, 0.15) is 23.6 Å². The maximum absolute atomic E-state index is 12.6. The molecule has 0 N–H and O–H groups in total. The van der Waals surface area contributed by atoms with Crippen molar-refractivity contribution in [2.45, 2.75) is 12.8 Å². The fourth-order valence-electron chi connectivity index (χ4n) is 3.66. The van der Waals surface area contributed by atoms with Gasteiger partial charge in [-0.15, -0.1) is 0 Å². The van der Waals surface area contributed by atoms with E-state index in [9.17, 15) is 24.5 Å². The normalized spacial score (nSPS) is 12.7. The Morgan fingerprint density at radius 2 is 1.88 bits per heavy atom. The molecule has 0 radical (unpaired) electrons. The van der Waals surface area contributed by atoms with E-state index in [2.05, 4.69) is 5.16 Å². The van der Waals surface area contributed by atoms with Crippen molar-refractivity contribution < 1.29 is 23.8 Å². The summed E-state index contributed by atoms with van der Waals surface area (Å²) in [6, 6.07) is 15.3. The second-order valence-electron chi connectivity index (χ2n) is 7.62. The van der Waals surface area contributed by atoms with Crippen LogP contribution in [-0.2, 0) is 11.2 Å². The number of hydrogen-bond donors (Lipinski definition) is 0. The molecule has 2 aromatic carbocycles. The molecule has 10 nitrogen and oxygen atoms in total. The molecule has 10 heteroatoms. The zero-order valence-corrected chi connectivity index (χ0v) is 17.8. The van der Waals surface area contributed by atoms with E-state index in [1.165, 1.54) is 17.0 Å². The lowest BCUT2D eigenvalue weighted by Crippen LogP contribution is -2.41. The van der Waals surface area contributed by atoms with Crippen molar-refractivity contribution >= 4 is 23.4 Å². The van der Waals surface area contributed by atoms with E-state index in [-0.39, 0.29) is 11.1 Å². The first-order valence-corrected chi connectivity index (χ1v) is 10.3. The van der Waals surface area contributed by atoms with Crippen molar-refractivity contribution in [3.05, 3.63) is 81.6 Å². The van der Waals surface area contributed by atoms with Gasteiger partial charge in [0.2, 0.25) is 5.91 Å². The van der Waals surface area contributed by atoms with Crippen LogP contribution in [0, 0.1) is 10.1 Å². The highest BCUT2D eigenvalue weighted by molar-refractivity contribution is 6.24. The first-order chi connectivity index (χ1) is 15.9. The van der Waals surface area contributed by atoms with Crippen LogP contribution < -0.4 is 0 Å². The zero-order valence-electron chi connectivity index (χ0n) is 17.8. The molecule has 168 valence electrons. The molecule has 0 atom stereocenters. The molecule has 0 fully saturated rings. The van der Waals surface area contributed by atoms with Gasteiger partial charge in [0.05, 0.1) is 10.5 Å². The summed E-state index contributed by atoms with van der Waals surface area (Å²) in [4.78, 5) is 50.4. The van der Waals surface area contributed by atoms with Crippen LogP contribution in [0.5, 0.6) is 0 Å². The molecule has 1 aliphatic heterocycles. The van der Waals surface area contributed by atoms with Gasteiger partial charge >= 0.3 is 0 Å². The summed E-state index contributed by atoms with van der Waals surface area (Å²) in [5, 5.41) is 15.3. The number of imide groups is 1. The van der Waals surface area contributed by atoms with Gasteiger partial charge < -0.3 is 9.42 Å². The Labute approximate surface area is 188 Å². The molecule has 0 saturated heterocycles. The van der Waals surface area contributed by atoms with Crippen LogP contribution in [0.15, 0.2) is 59.1 Å². The molecule has 3 amide bonds. The number of nitrogens with zero attached hydrogens (tertiary/aromatic N) is 4. The van der Waals surface area contributed by atoms with Crippen LogP contribution in [0.2, 0.25) is 0 Å². The van der Waals surface area contributed by atoms with Gasteiger partial charge in [-0.3, -0.25) is 29.4 Å². The van der Waals surface area contributed by atoms with E-state index in [4.69, 9.17) is 4.52 Å². The van der Waals surface area contributed by atoms with Crippen molar-refractivity contribution in [3.8, 4) is 11.3 Å². The lowest BCUT2D eigenvalue weighted by molar-refractivity contribution is -0.385. The Hall–Kier alpha value is -4.34. The van der Waals surface area contributed by atoms with Crippen LogP contribution >= 0.6 is 0 Å². The molecule has 3 aromatic rings. The number of rotatable bonds is 8. The molecule has 1 aromatic heterocycles. The number of hydrogen-bond acceptors (Lipinski definition) is 7. The number of likely N-dealkylation sites (N-methyl/N-ethyl adjacent to an activating group) is 1. The smallest absolute Gasteiger partial charge is 0.282 e. The number of benzene rings is 2. The van der Waals surface area contributed by atoms with Crippen LogP contribution in [0.25, 0.3) is 11.3 Å². The number of carbonyl (C=O) groups is 3. The number of nitro benzene ring substituents is 1. The Morgan fingerprint density at radius 1 is 1.12 bits per heavy atom. The Bertz CT molecular complexity index is 1240. The summed E-state index contributed by atoms with van der Waals surface area (Å²) < 4.78 is 5.36. The maximum atomic E-state index is 12.6. The highest BCUT2D eigenvalue weighted by Crippen LogP contribution is 2.30. The third-order valence-electron chi connectivity index (χ3n) is 5.44. The number of aryl methyl sites for hydroxylation is 1. The quantitative estimate of drug-likeness (QED) is 0.294. The van der Waals surface area contributed by atoms with Gasteiger partial charge in [-0.2, -0.15) is 0 Å². The Morgan fingerprint density at radius 3 is 2.61 bits per heavy atom. The number of aromatic nitrogens is 1. The lowest BCUT2D eigenvalue weighted by Gasteiger charge is -2.20. The van der Waals surface area contributed by atoms with Crippen molar-refractivity contribution in [1.82, 2.24) is 15.0 Å². The van der Waals surface area contributed by atoms with Gasteiger partial charge in [0.25, 0.3) is 17.5 Å². The molecular formula is C23H20N4O6. The molecule has 4 rings (SSSR count). The standard InChI is InChI=1S/C23H20N4O6/c1-25(12-6-9-16-13-18(24-33-16)15-7-3-2-4-8-15)20(28)14-26-22(29)17-10-5-11-19(27(31)32)21(17)23(26)30/h2-5,7-8,10-11,13H,6,9,12,14H2,1H3. The molecule has 1 aliphatic rings. The van der Waals surface area contributed by atoms with Crippen molar-refractivity contribution in [2.24, 2.45) is 0 Å². The SMILES string of the molecule is CN(CCCc1cc(-c2ccccc2)no1)C(=O)CN1C(=O)c2cccc([N+](=O)[O-])c2C1=O. The molecule has 0 aliphatic carbocycles. The first kappa shape index (κ1) is 21.9. The predicted molar refractivity (Wildman–Crippen MR) is 116 cm³/mol. The van der Waals surface area contributed by atoms with Gasteiger partial charge in [-0.1, -0.05) is 41.6 Å². The lowest BCUT2D eigenvalue weighted by atomic mass is 10.1. The van der Waals surface area contributed by atoms with Gasteiger partial charge in [0.15, 0.2) is 0 Å². The summed E-state index contributed by atoms with van der Waals surface area (Å²) in [6.45, 7) is -0.121. The van der Waals surface area contributed by atoms with Crippen molar-refractivity contribution in [2.75, 3.05) is 20.1 Å². The van der Waals surface area contributed by atoms with E-state index in [0.717, 1.165) is 22.2 Å². The fraction of sp³-hybridized carbons (Fsp3) is 0.217. The highest BCUT2D eigenvalue weighted by Gasteiger charge is 2.41. The molecule has 0 unspecified atom stereocenters. The number of carbonyl (C=O) groups excluding carboxylic acids is 3. The van der Waals surface area contributed by atoms with Gasteiger partial charge in [-0.05, 0) is 12.5 Å². The summed E-state index contributed by atoms with van der Waals surface area (Å²) in [5.74, 6) is -1.31. The molecule has 0 bridgehead atoms.